The molecule has 0 saturated carbocycles. The summed E-state index contributed by atoms with van der Waals surface area (Å²) in [6.45, 7) is 2.60. The summed E-state index contributed by atoms with van der Waals surface area (Å²) in [5.74, 6) is 0.347. The molecule has 1 aliphatic rings. The fourth-order valence-corrected chi connectivity index (χ4v) is 4.46. The summed E-state index contributed by atoms with van der Waals surface area (Å²) in [6, 6.07) is 8.33. The number of benzene rings is 1. The van der Waals surface area contributed by atoms with Crippen molar-refractivity contribution in [2.75, 3.05) is 26.7 Å². The number of nitrogens with zero attached hydrogens (tertiary/aromatic N) is 2. The number of thiazole rings is 1. The highest BCUT2D eigenvalue weighted by Crippen LogP contribution is 2.33. The van der Waals surface area contributed by atoms with E-state index in [1.165, 1.54) is 16.8 Å². The summed E-state index contributed by atoms with van der Waals surface area (Å²) >= 11 is 7.29. The molecule has 25 heavy (non-hydrogen) atoms. The maximum atomic E-state index is 11.1. The predicted octanol–water partition coefficient (Wildman–Crippen LogP) is 3.30. The lowest BCUT2D eigenvalue weighted by molar-refractivity contribution is -0.140. The Hall–Kier alpha value is -1.73. The number of thiocarbonyl (C=S) groups is 1. The second-order valence-corrected chi connectivity index (χ2v) is 7.64. The number of aromatic nitrogens is 1. The van der Waals surface area contributed by atoms with E-state index >= 15 is 0 Å². The van der Waals surface area contributed by atoms with Crippen LogP contribution in [0.2, 0.25) is 0 Å². The Morgan fingerprint density at radius 1 is 1.40 bits per heavy atom. The molecule has 1 N–H and O–H groups in total. The fraction of sp³-hybridized carbons (Fsp3) is 0.500. The molecule has 1 aromatic carbocycles. The Bertz CT molecular complexity index is 706. The second-order valence-electron chi connectivity index (χ2n) is 6.19. The van der Waals surface area contributed by atoms with Crippen molar-refractivity contribution < 1.29 is 9.53 Å². The number of hydrogen-bond acceptors (Lipinski definition) is 5. The smallest absolute Gasteiger partial charge is 0.305 e. The number of esters is 1. The summed E-state index contributed by atoms with van der Waals surface area (Å²) < 4.78 is 5.90. The Balaban J connectivity index is 1.45. The van der Waals surface area contributed by atoms with Gasteiger partial charge in [-0.25, -0.2) is 4.98 Å². The molecule has 1 fully saturated rings. The van der Waals surface area contributed by atoms with Gasteiger partial charge in [0.15, 0.2) is 5.11 Å². The van der Waals surface area contributed by atoms with Crippen LogP contribution in [0.15, 0.2) is 24.3 Å². The molecule has 1 saturated heterocycles. The highest BCUT2D eigenvalue weighted by atomic mass is 32.1. The zero-order valence-electron chi connectivity index (χ0n) is 14.4. The van der Waals surface area contributed by atoms with Crippen molar-refractivity contribution in [1.29, 1.82) is 0 Å². The van der Waals surface area contributed by atoms with E-state index in [1.54, 1.807) is 0 Å². The Kier molecular flexibility index (Phi) is 6.20. The molecule has 2 heterocycles. The Labute approximate surface area is 157 Å². The third-order valence-electron chi connectivity index (χ3n) is 4.50. The molecule has 2 aromatic rings. The first-order valence-electron chi connectivity index (χ1n) is 8.62. The average Bonchev–Trinajstić information content (AvgIpc) is 3.09. The fourth-order valence-electron chi connectivity index (χ4n) is 3.04. The first kappa shape index (κ1) is 18.1. The van der Waals surface area contributed by atoms with Gasteiger partial charge in [-0.1, -0.05) is 12.1 Å². The number of carbonyl (C=O) groups is 1. The summed E-state index contributed by atoms with van der Waals surface area (Å²) in [6.07, 6.45) is 3.30. The molecule has 5 nitrogen and oxygen atoms in total. The van der Waals surface area contributed by atoms with Crippen LogP contribution < -0.4 is 5.32 Å². The molecule has 0 atom stereocenters. The predicted molar refractivity (Wildman–Crippen MR) is 105 cm³/mol. The summed E-state index contributed by atoms with van der Waals surface area (Å²) in [7, 11) is 1.41. The third kappa shape index (κ3) is 4.67. The largest absolute Gasteiger partial charge is 0.469 e. The van der Waals surface area contributed by atoms with Gasteiger partial charge in [-0.05, 0) is 43.6 Å². The van der Waals surface area contributed by atoms with Crippen LogP contribution >= 0.6 is 23.6 Å². The van der Waals surface area contributed by atoms with E-state index in [-0.39, 0.29) is 5.97 Å². The van der Waals surface area contributed by atoms with Crippen molar-refractivity contribution in [3.63, 3.8) is 0 Å². The molecule has 134 valence electrons. The van der Waals surface area contributed by atoms with Gasteiger partial charge in [0.1, 0.15) is 0 Å². The van der Waals surface area contributed by atoms with E-state index in [4.69, 9.17) is 17.2 Å². The molecule has 1 aromatic heterocycles. The van der Waals surface area contributed by atoms with Crippen LogP contribution in [0.4, 0.5) is 0 Å². The standard InChI is InChI=1S/C18H23N3O2S2/c1-23-16(22)7-4-10-19-18(24)21-11-8-13(9-12-21)17-20-14-5-2-3-6-15(14)25-17/h2-3,5-6,13H,4,7-12H2,1H3,(H,19,24). The van der Waals surface area contributed by atoms with E-state index in [0.717, 1.165) is 43.0 Å². The van der Waals surface area contributed by atoms with E-state index < -0.39 is 0 Å². The Morgan fingerprint density at radius 2 is 2.16 bits per heavy atom. The Morgan fingerprint density at radius 3 is 2.88 bits per heavy atom. The zero-order chi connectivity index (χ0) is 17.6. The first-order valence-corrected chi connectivity index (χ1v) is 9.85. The molecular formula is C18H23N3O2S2. The second kappa shape index (κ2) is 8.58. The van der Waals surface area contributed by atoms with Crippen LogP contribution in [0.25, 0.3) is 10.2 Å². The molecule has 0 radical (unpaired) electrons. The van der Waals surface area contributed by atoms with Gasteiger partial charge in [-0.15, -0.1) is 11.3 Å². The number of carbonyl (C=O) groups excluding carboxylic acids is 1. The van der Waals surface area contributed by atoms with Gasteiger partial charge in [0, 0.05) is 32.0 Å². The van der Waals surface area contributed by atoms with Crippen LogP contribution in [0.5, 0.6) is 0 Å². The lowest BCUT2D eigenvalue weighted by Gasteiger charge is -2.33. The normalized spacial score (nSPS) is 15.3. The quantitative estimate of drug-likeness (QED) is 0.490. The number of likely N-dealkylation sites (tertiary alicyclic amines) is 1. The van der Waals surface area contributed by atoms with Crippen molar-refractivity contribution in [2.45, 2.75) is 31.6 Å². The van der Waals surface area contributed by atoms with Gasteiger partial charge in [0.25, 0.3) is 0 Å². The number of hydrogen-bond donors (Lipinski definition) is 1. The average molecular weight is 378 g/mol. The van der Waals surface area contributed by atoms with Gasteiger partial charge in [-0.2, -0.15) is 0 Å². The molecular weight excluding hydrogens is 354 g/mol. The minimum absolute atomic E-state index is 0.177. The van der Waals surface area contributed by atoms with Gasteiger partial charge >= 0.3 is 5.97 Å². The van der Waals surface area contributed by atoms with Crippen LogP contribution in [-0.4, -0.2) is 47.7 Å². The van der Waals surface area contributed by atoms with Crippen LogP contribution in [0.3, 0.4) is 0 Å². The number of piperidine rings is 1. The summed E-state index contributed by atoms with van der Waals surface area (Å²) in [5, 5.41) is 5.28. The van der Waals surface area contributed by atoms with Crippen molar-refractivity contribution in [3.8, 4) is 0 Å². The molecule has 0 bridgehead atoms. The molecule has 0 aliphatic carbocycles. The SMILES string of the molecule is COC(=O)CCCNC(=S)N1CCC(c2nc3ccccc3s2)CC1. The van der Waals surface area contributed by atoms with E-state index in [1.807, 2.05) is 17.4 Å². The highest BCUT2D eigenvalue weighted by Gasteiger charge is 2.24. The van der Waals surface area contributed by atoms with Crippen LogP contribution in [0, 0.1) is 0 Å². The lowest BCUT2D eigenvalue weighted by Crippen LogP contribution is -2.44. The number of methoxy groups -OCH3 is 1. The lowest BCUT2D eigenvalue weighted by atomic mass is 9.98. The molecule has 1 aliphatic heterocycles. The topological polar surface area (TPSA) is 54.5 Å². The van der Waals surface area contributed by atoms with Crippen molar-refractivity contribution >= 4 is 44.9 Å². The van der Waals surface area contributed by atoms with Gasteiger partial charge in [0.05, 0.1) is 22.3 Å². The molecule has 7 heteroatoms. The van der Waals surface area contributed by atoms with Gasteiger partial charge < -0.3 is 15.0 Å². The number of rotatable bonds is 5. The van der Waals surface area contributed by atoms with E-state index in [9.17, 15) is 4.79 Å². The number of para-hydroxylation sites is 1. The minimum atomic E-state index is -0.177. The maximum absolute atomic E-state index is 11.1. The van der Waals surface area contributed by atoms with Gasteiger partial charge in [-0.3, -0.25) is 4.79 Å². The monoisotopic (exact) mass is 377 g/mol. The van der Waals surface area contributed by atoms with Crippen LogP contribution in [-0.2, 0) is 9.53 Å². The van der Waals surface area contributed by atoms with E-state index in [2.05, 4.69) is 33.2 Å². The maximum Gasteiger partial charge on any atom is 0.305 e. The third-order valence-corrected chi connectivity index (χ3v) is 6.10. The minimum Gasteiger partial charge on any atom is -0.469 e. The summed E-state index contributed by atoms with van der Waals surface area (Å²) in [5.41, 5.74) is 1.10. The van der Waals surface area contributed by atoms with Crippen LogP contribution in [0.1, 0.15) is 36.6 Å². The number of nitrogens with one attached hydrogen (secondary N) is 1. The molecule has 0 amide bonds. The zero-order valence-corrected chi connectivity index (χ0v) is 16.0. The highest BCUT2D eigenvalue weighted by molar-refractivity contribution is 7.80. The van der Waals surface area contributed by atoms with Crippen molar-refractivity contribution in [1.82, 2.24) is 15.2 Å². The number of fused-ring (bicyclic) bond motifs is 1. The van der Waals surface area contributed by atoms with Crippen molar-refractivity contribution in [3.05, 3.63) is 29.3 Å². The van der Waals surface area contributed by atoms with E-state index in [0.29, 0.717) is 18.9 Å². The first-order chi connectivity index (χ1) is 12.2. The molecule has 0 unspecified atom stereocenters. The summed E-state index contributed by atoms with van der Waals surface area (Å²) in [4.78, 5) is 18.1. The number of ether oxygens (including phenoxy) is 1. The van der Waals surface area contributed by atoms with Gasteiger partial charge in [0.2, 0.25) is 0 Å². The molecule has 3 rings (SSSR count). The molecule has 0 spiro atoms. The van der Waals surface area contributed by atoms with Crippen molar-refractivity contribution in [2.24, 2.45) is 0 Å².